The van der Waals surface area contributed by atoms with Gasteiger partial charge in [-0.2, -0.15) is 13.2 Å². The van der Waals surface area contributed by atoms with Gasteiger partial charge in [-0.05, 0) is 31.5 Å². The smallest absolute Gasteiger partial charge is 0.422 e. The highest BCUT2D eigenvalue weighted by atomic mass is 19.4. The van der Waals surface area contributed by atoms with Crippen LogP contribution in [0.3, 0.4) is 0 Å². The number of halogens is 3. The lowest BCUT2D eigenvalue weighted by Crippen LogP contribution is -2.30. The van der Waals surface area contributed by atoms with Gasteiger partial charge in [0.1, 0.15) is 5.69 Å². The van der Waals surface area contributed by atoms with Gasteiger partial charge in [0.05, 0.1) is 6.04 Å². The molecule has 2 aromatic rings. The van der Waals surface area contributed by atoms with Crippen molar-refractivity contribution in [2.24, 2.45) is 5.73 Å². The number of carbonyl (C=O) groups excluding carboxylic acids is 2. The molecule has 166 valence electrons. The number of nitrogens with one attached hydrogen (secondary N) is 1. The van der Waals surface area contributed by atoms with Crippen LogP contribution in [-0.2, 0) is 6.54 Å². The summed E-state index contributed by atoms with van der Waals surface area (Å²) >= 11 is 0. The monoisotopic (exact) mass is 437 g/mol. The minimum absolute atomic E-state index is 0.118. The Balaban J connectivity index is 1.80. The molecular weight excluding hydrogens is 415 g/mol. The van der Waals surface area contributed by atoms with Crippen molar-refractivity contribution in [3.8, 4) is 5.88 Å². The molecule has 11 heteroatoms. The number of nitrogens with zero attached hydrogens (tertiary/aromatic N) is 3. The number of aromatic nitrogens is 2. The minimum Gasteiger partial charge on any atom is -0.468 e. The summed E-state index contributed by atoms with van der Waals surface area (Å²) in [5, 5.41) is 2.64. The van der Waals surface area contributed by atoms with Crippen LogP contribution in [0.1, 0.15) is 50.5 Å². The molecule has 0 spiro atoms. The third-order valence-electron chi connectivity index (χ3n) is 4.89. The van der Waals surface area contributed by atoms with Crippen LogP contribution in [0.5, 0.6) is 5.88 Å². The first-order chi connectivity index (χ1) is 14.6. The summed E-state index contributed by atoms with van der Waals surface area (Å²) in [7, 11) is 0. The van der Waals surface area contributed by atoms with Gasteiger partial charge in [-0.1, -0.05) is 0 Å². The van der Waals surface area contributed by atoms with E-state index in [4.69, 9.17) is 10.5 Å². The fourth-order valence-electron chi connectivity index (χ4n) is 3.32. The number of ether oxygens (including phenoxy) is 1. The lowest BCUT2D eigenvalue weighted by atomic mass is 10.1. The lowest BCUT2D eigenvalue weighted by molar-refractivity contribution is -0.154. The highest BCUT2D eigenvalue weighted by molar-refractivity contribution is 6.03. The van der Waals surface area contributed by atoms with Gasteiger partial charge in [-0.3, -0.25) is 14.6 Å². The summed E-state index contributed by atoms with van der Waals surface area (Å²) in [6.45, 7) is 2.65. The van der Waals surface area contributed by atoms with E-state index in [-0.39, 0.29) is 37.1 Å². The third kappa shape index (κ3) is 4.93. The van der Waals surface area contributed by atoms with E-state index in [0.717, 1.165) is 0 Å². The van der Waals surface area contributed by atoms with Crippen LogP contribution in [0.25, 0.3) is 0 Å². The molecule has 3 rings (SSSR count). The Morgan fingerprint density at radius 3 is 2.77 bits per heavy atom. The van der Waals surface area contributed by atoms with E-state index in [1.54, 1.807) is 30.9 Å². The molecule has 1 aliphatic rings. The van der Waals surface area contributed by atoms with Crippen LogP contribution in [0.2, 0.25) is 0 Å². The summed E-state index contributed by atoms with van der Waals surface area (Å²) in [5.41, 5.74) is 7.52. The van der Waals surface area contributed by atoms with Crippen LogP contribution in [0.15, 0.2) is 24.5 Å². The Hall–Kier alpha value is -3.21. The van der Waals surface area contributed by atoms with Gasteiger partial charge in [-0.25, -0.2) is 4.98 Å². The molecule has 0 aliphatic carbocycles. The SMILES string of the molecule is Cc1cc(C(C)N2Cc3c(ccnc3C(=O)NCCN)C2=O)cnc1OCC(F)(F)F. The second kappa shape index (κ2) is 8.88. The van der Waals surface area contributed by atoms with Crippen LogP contribution in [0.4, 0.5) is 13.2 Å². The Morgan fingerprint density at radius 1 is 1.39 bits per heavy atom. The van der Waals surface area contributed by atoms with E-state index >= 15 is 0 Å². The van der Waals surface area contributed by atoms with Gasteiger partial charge < -0.3 is 20.7 Å². The number of nitrogens with two attached hydrogens (primary N) is 1. The first-order valence-corrected chi connectivity index (χ1v) is 9.55. The van der Waals surface area contributed by atoms with Crippen molar-refractivity contribution in [2.45, 2.75) is 32.6 Å². The van der Waals surface area contributed by atoms with Gasteiger partial charge in [0.25, 0.3) is 11.8 Å². The fraction of sp³-hybridized carbons (Fsp3) is 0.400. The van der Waals surface area contributed by atoms with Crippen LogP contribution < -0.4 is 15.8 Å². The molecule has 0 fully saturated rings. The highest BCUT2D eigenvalue weighted by Crippen LogP contribution is 2.33. The predicted octanol–water partition coefficient (Wildman–Crippen LogP) is 2.13. The molecule has 1 unspecified atom stereocenters. The number of amides is 2. The molecule has 1 aliphatic heterocycles. The summed E-state index contributed by atoms with van der Waals surface area (Å²) in [6, 6.07) is 2.75. The van der Waals surface area contributed by atoms with Crippen molar-refractivity contribution in [3.05, 3.63) is 52.5 Å². The first-order valence-electron chi connectivity index (χ1n) is 9.55. The van der Waals surface area contributed by atoms with Crippen molar-refractivity contribution in [3.63, 3.8) is 0 Å². The van der Waals surface area contributed by atoms with Gasteiger partial charge in [-0.15, -0.1) is 0 Å². The molecule has 2 aromatic heterocycles. The number of carbonyl (C=O) groups is 2. The second-order valence-corrected chi connectivity index (χ2v) is 7.13. The molecule has 1 atom stereocenters. The minimum atomic E-state index is -4.46. The molecule has 3 N–H and O–H groups in total. The number of fused-ring (bicyclic) bond motifs is 1. The number of pyridine rings is 2. The number of aryl methyl sites for hydroxylation is 1. The molecule has 0 saturated carbocycles. The van der Waals surface area contributed by atoms with Crippen molar-refractivity contribution >= 4 is 11.8 Å². The Morgan fingerprint density at radius 2 is 2.13 bits per heavy atom. The highest BCUT2D eigenvalue weighted by Gasteiger charge is 2.35. The molecular formula is C20H22F3N5O3. The van der Waals surface area contributed by atoms with E-state index in [2.05, 4.69) is 15.3 Å². The molecule has 0 saturated heterocycles. The maximum Gasteiger partial charge on any atom is 0.422 e. The average molecular weight is 437 g/mol. The zero-order chi connectivity index (χ0) is 22.8. The molecule has 3 heterocycles. The van der Waals surface area contributed by atoms with Crippen molar-refractivity contribution in [2.75, 3.05) is 19.7 Å². The standard InChI is InChI=1S/C20H22F3N5O3/c1-11-7-13(8-27-18(11)31-10-20(21,22)23)12(2)28-9-15-14(19(28)30)3-5-25-16(15)17(29)26-6-4-24/h3,5,7-8,12H,4,6,9-10,24H2,1-2H3,(H,26,29). The number of rotatable bonds is 7. The molecule has 31 heavy (non-hydrogen) atoms. The zero-order valence-electron chi connectivity index (χ0n) is 17.0. The van der Waals surface area contributed by atoms with E-state index in [0.29, 0.717) is 22.3 Å². The largest absolute Gasteiger partial charge is 0.468 e. The Kier molecular flexibility index (Phi) is 6.44. The van der Waals surface area contributed by atoms with Crippen molar-refractivity contribution in [1.82, 2.24) is 20.2 Å². The maximum absolute atomic E-state index is 12.9. The van der Waals surface area contributed by atoms with E-state index < -0.39 is 24.7 Å². The Labute approximate surface area is 176 Å². The summed E-state index contributed by atoms with van der Waals surface area (Å²) < 4.78 is 41.9. The van der Waals surface area contributed by atoms with Crippen molar-refractivity contribution in [1.29, 1.82) is 0 Å². The molecule has 0 bridgehead atoms. The Bertz CT molecular complexity index is 997. The topological polar surface area (TPSA) is 110 Å². The lowest BCUT2D eigenvalue weighted by Gasteiger charge is -2.25. The normalized spacial score (nSPS) is 14.4. The van der Waals surface area contributed by atoms with Crippen LogP contribution >= 0.6 is 0 Å². The van der Waals surface area contributed by atoms with Gasteiger partial charge in [0.15, 0.2) is 6.61 Å². The molecule has 0 radical (unpaired) electrons. The number of hydrogen-bond acceptors (Lipinski definition) is 6. The number of hydrogen-bond donors (Lipinski definition) is 2. The zero-order valence-corrected chi connectivity index (χ0v) is 17.0. The van der Waals surface area contributed by atoms with Gasteiger partial charge in [0, 0.05) is 48.7 Å². The molecule has 0 aromatic carbocycles. The third-order valence-corrected chi connectivity index (χ3v) is 4.89. The predicted molar refractivity (Wildman–Crippen MR) is 104 cm³/mol. The van der Waals surface area contributed by atoms with Crippen LogP contribution in [0, 0.1) is 6.92 Å². The summed E-state index contributed by atoms with van der Waals surface area (Å²) in [6.07, 6.45) is -1.68. The quantitative estimate of drug-likeness (QED) is 0.687. The van der Waals surface area contributed by atoms with Crippen LogP contribution in [-0.4, -0.2) is 52.6 Å². The first kappa shape index (κ1) is 22.5. The molecule has 2 amide bonds. The fourth-order valence-corrected chi connectivity index (χ4v) is 3.32. The summed E-state index contributed by atoms with van der Waals surface area (Å²) in [4.78, 5) is 35.0. The maximum atomic E-state index is 12.9. The van der Waals surface area contributed by atoms with Gasteiger partial charge >= 0.3 is 6.18 Å². The molecule has 8 nitrogen and oxygen atoms in total. The van der Waals surface area contributed by atoms with Gasteiger partial charge in [0.2, 0.25) is 5.88 Å². The summed E-state index contributed by atoms with van der Waals surface area (Å²) in [5.74, 6) is -0.798. The van der Waals surface area contributed by atoms with E-state index in [1.807, 2.05) is 0 Å². The van der Waals surface area contributed by atoms with E-state index in [1.165, 1.54) is 12.4 Å². The van der Waals surface area contributed by atoms with Crippen molar-refractivity contribution < 1.29 is 27.5 Å². The number of alkyl halides is 3. The average Bonchev–Trinajstić information content (AvgIpc) is 3.06. The second-order valence-electron chi connectivity index (χ2n) is 7.13. The van der Waals surface area contributed by atoms with E-state index in [9.17, 15) is 22.8 Å².